The second-order valence-corrected chi connectivity index (χ2v) is 4.19. The van der Waals surface area contributed by atoms with Gasteiger partial charge in [-0.15, -0.1) is 0 Å². The third-order valence-electron chi connectivity index (χ3n) is 2.67. The molecular formula is C14H18N4O. The quantitative estimate of drug-likeness (QED) is 0.598. The molecule has 0 radical (unpaired) electrons. The maximum atomic E-state index is 11.8. The van der Waals surface area contributed by atoms with Crippen LogP contribution >= 0.6 is 0 Å². The predicted molar refractivity (Wildman–Crippen MR) is 72.7 cm³/mol. The molecule has 0 aliphatic heterocycles. The van der Waals surface area contributed by atoms with Gasteiger partial charge in [-0.25, -0.2) is 0 Å². The molecule has 1 unspecified atom stereocenters. The molecule has 19 heavy (non-hydrogen) atoms. The molecule has 0 aliphatic carbocycles. The molecule has 100 valence electrons. The van der Waals surface area contributed by atoms with Gasteiger partial charge >= 0.3 is 0 Å². The largest absolute Gasteiger partial charge is 0.387 e. The summed E-state index contributed by atoms with van der Waals surface area (Å²) in [7, 11) is 0. The van der Waals surface area contributed by atoms with Crippen LogP contribution in [0.4, 0.5) is 0 Å². The Morgan fingerprint density at radius 2 is 2.42 bits per heavy atom. The Kier molecular flexibility index (Phi) is 6.10. The highest BCUT2D eigenvalue weighted by atomic mass is 16.1. The molecule has 0 aliphatic rings. The van der Waals surface area contributed by atoms with Gasteiger partial charge in [0.25, 0.3) is 5.91 Å². The minimum absolute atomic E-state index is 0.0733. The Balaban J connectivity index is 2.53. The highest BCUT2D eigenvalue weighted by molar-refractivity contribution is 5.97. The van der Waals surface area contributed by atoms with E-state index in [0.29, 0.717) is 6.54 Å². The zero-order chi connectivity index (χ0) is 14.1. The van der Waals surface area contributed by atoms with E-state index >= 15 is 0 Å². The molecule has 1 heterocycles. The van der Waals surface area contributed by atoms with Crippen LogP contribution in [0.1, 0.15) is 25.8 Å². The van der Waals surface area contributed by atoms with Crippen molar-refractivity contribution in [2.24, 2.45) is 0 Å². The lowest BCUT2D eigenvalue weighted by atomic mass is 10.2. The summed E-state index contributed by atoms with van der Waals surface area (Å²) in [4.78, 5) is 15.7. The maximum Gasteiger partial charge on any atom is 0.263 e. The van der Waals surface area contributed by atoms with Gasteiger partial charge in [0.1, 0.15) is 11.6 Å². The lowest BCUT2D eigenvalue weighted by molar-refractivity contribution is -0.117. The number of hydrogen-bond acceptors (Lipinski definition) is 4. The lowest BCUT2D eigenvalue weighted by Crippen LogP contribution is -2.27. The molecule has 5 nitrogen and oxygen atoms in total. The van der Waals surface area contributed by atoms with Gasteiger partial charge in [-0.05, 0) is 25.0 Å². The number of rotatable bonds is 6. The van der Waals surface area contributed by atoms with Crippen LogP contribution in [0.5, 0.6) is 0 Å². The van der Waals surface area contributed by atoms with Gasteiger partial charge in [-0.2, -0.15) is 5.26 Å². The van der Waals surface area contributed by atoms with Gasteiger partial charge in [0.2, 0.25) is 0 Å². The first-order valence-electron chi connectivity index (χ1n) is 6.20. The molecule has 0 aromatic carbocycles. The number of hydrogen-bond donors (Lipinski definition) is 2. The van der Waals surface area contributed by atoms with Crippen LogP contribution in [-0.4, -0.2) is 16.9 Å². The minimum atomic E-state index is -0.387. The van der Waals surface area contributed by atoms with Crippen molar-refractivity contribution >= 4 is 5.91 Å². The van der Waals surface area contributed by atoms with Gasteiger partial charge in [0.15, 0.2) is 0 Å². The topological polar surface area (TPSA) is 77.8 Å². The van der Waals surface area contributed by atoms with E-state index in [0.717, 1.165) is 12.0 Å². The Bertz CT molecular complexity index is 476. The van der Waals surface area contributed by atoms with Crippen molar-refractivity contribution in [3.05, 3.63) is 41.9 Å². The fourth-order valence-electron chi connectivity index (χ4n) is 1.27. The van der Waals surface area contributed by atoms with Crippen LogP contribution in [0.25, 0.3) is 0 Å². The Morgan fingerprint density at radius 1 is 1.63 bits per heavy atom. The van der Waals surface area contributed by atoms with Crippen molar-refractivity contribution < 1.29 is 4.79 Å². The second-order valence-electron chi connectivity index (χ2n) is 4.19. The van der Waals surface area contributed by atoms with E-state index in [1.54, 1.807) is 18.5 Å². The standard InChI is InChI=1S/C14H18N4O/c1-3-11(2)17-10-13(7-15)14(19)18-9-12-5-4-6-16-8-12/h4-6,8,10-11,17H,3,9H2,1-2H3,(H,18,19)/b13-10-. The van der Waals surface area contributed by atoms with Crippen molar-refractivity contribution in [2.45, 2.75) is 32.9 Å². The number of nitrogens with one attached hydrogen (secondary N) is 2. The number of nitrogens with zero attached hydrogens (tertiary/aromatic N) is 2. The van der Waals surface area contributed by atoms with E-state index in [9.17, 15) is 4.79 Å². The fraction of sp³-hybridized carbons (Fsp3) is 0.357. The molecule has 5 heteroatoms. The molecular weight excluding hydrogens is 240 g/mol. The average Bonchev–Trinajstić information content (AvgIpc) is 2.46. The normalized spacial score (nSPS) is 12.4. The van der Waals surface area contributed by atoms with Crippen LogP contribution < -0.4 is 10.6 Å². The summed E-state index contributed by atoms with van der Waals surface area (Å²) in [6.07, 6.45) is 5.73. The summed E-state index contributed by atoms with van der Waals surface area (Å²) in [5.41, 5.74) is 0.965. The average molecular weight is 258 g/mol. The SMILES string of the molecule is CCC(C)N/C=C(/C#N)C(=O)NCc1cccnc1. The van der Waals surface area contributed by atoms with E-state index < -0.39 is 0 Å². The first-order valence-corrected chi connectivity index (χ1v) is 6.20. The van der Waals surface area contributed by atoms with Crippen molar-refractivity contribution in [1.29, 1.82) is 5.26 Å². The minimum Gasteiger partial charge on any atom is -0.387 e. The monoisotopic (exact) mass is 258 g/mol. The first kappa shape index (κ1) is 14.7. The maximum absolute atomic E-state index is 11.8. The van der Waals surface area contributed by atoms with Crippen molar-refractivity contribution in [2.75, 3.05) is 0 Å². The Labute approximate surface area is 113 Å². The van der Waals surface area contributed by atoms with E-state index in [4.69, 9.17) is 5.26 Å². The third-order valence-corrected chi connectivity index (χ3v) is 2.67. The molecule has 0 spiro atoms. The molecule has 1 amide bonds. The van der Waals surface area contributed by atoms with Gasteiger partial charge in [-0.1, -0.05) is 13.0 Å². The fourth-order valence-corrected chi connectivity index (χ4v) is 1.27. The van der Waals surface area contributed by atoms with Gasteiger partial charge < -0.3 is 10.6 Å². The number of carbonyl (C=O) groups is 1. The van der Waals surface area contributed by atoms with E-state index in [2.05, 4.69) is 15.6 Å². The number of amides is 1. The van der Waals surface area contributed by atoms with Crippen LogP contribution in [-0.2, 0) is 11.3 Å². The van der Waals surface area contributed by atoms with Crippen LogP contribution in [0, 0.1) is 11.3 Å². The van der Waals surface area contributed by atoms with Gasteiger partial charge in [0.05, 0.1) is 0 Å². The summed E-state index contributed by atoms with van der Waals surface area (Å²) in [5.74, 6) is -0.387. The summed E-state index contributed by atoms with van der Waals surface area (Å²) in [5, 5.41) is 14.6. The number of aromatic nitrogens is 1. The lowest BCUT2D eigenvalue weighted by Gasteiger charge is -2.09. The molecule has 1 atom stereocenters. The third kappa shape index (κ3) is 5.21. The van der Waals surface area contributed by atoms with E-state index in [1.165, 1.54) is 6.20 Å². The smallest absolute Gasteiger partial charge is 0.263 e. The van der Waals surface area contributed by atoms with Crippen molar-refractivity contribution in [1.82, 2.24) is 15.6 Å². The molecule has 0 fully saturated rings. The summed E-state index contributed by atoms with van der Waals surface area (Å²) >= 11 is 0. The second kappa shape index (κ2) is 7.88. The van der Waals surface area contributed by atoms with Crippen LogP contribution in [0.15, 0.2) is 36.3 Å². The van der Waals surface area contributed by atoms with Gasteiger partial charge in [-0.3, -0.25) is 9.78 Å². The van der Waals surface area contributed by atoms with Crippen molar-refractivity contribution in [3.8, 4) is 6.07 Å². The Hall–Kier alpha value is -2.35. The Morgan fingerprint density at radius 3 is 3.00 bits per heavy atom. The number of pyridine rings is 1. The molecule has 0 saturated carbocycles. The summed E-state index contributed by atoms with van der Waals surface area (Å²) in [6, 6.07) is 5.78. The number of nitriles is 1. The van der Waals surface area contributed by atoms with Gasteiger partial charge in [0, 0.05) is 31.2 Å². The molecule has 1 aromatic heterocycles. The molecule has 0 bridgehead atoms. The summed E-state index contributed by atoms with van der Waals surface area (Å²) < 4.78 is 0. The van der Waals surface area contributed by atoms with Crippen LogP contribution in [0.2, 0.25) is 0 Å². The zero-order valence-corrected chi connectivity index (χ0v) is 11.2. The first-order chi connectivity index (χ1) is 9.17. The molecule has 2 N–H and O–H groups in total. The van der Waals surface area contributed by atoms with E-state index in [-0.39, 0.29) is 17.5 Å². The van der Waals surface area contributed by atoms with Crippen LogP contribution in [0.3, 0.4) is 0 Å². The predicted octanol–water partition coefficient (Wildman–Crippen LogP) is 1.49. The number of carbonyl (C=O) groups excluding carboxylic acids is 1. The zero-order valence-electron chi connectivity index (χ0n) is 11.2. The summed E-state index contributed by atoms with van der Waals surface area (Å²) in [6.45, 7) is 4.37. The highest BCUT2D eigenvalue weighted by Crippen LogP contribution is 1.97. The molecule has 1 rings (SSSR count). The van der Waals surface area contributed by atoms with E-state index in [1.807, 2.05) is 26.0 Å². The van der Waals surface area contributed by atoms with Crippen molar-refractivity contribution in [3.63, 3.8) is 0 Å². The molecule has 0 saturated heterocycles. The highest BCUT2D eigenvalue weighted by Gasteiger charge is 2.08. The molecule has 1 aromatic rings.